The van der Waals surface area contributed by atoms with E-state index in [0.29, 0.717) is 5.82 Å². The molecule has 2 N–H and O–H groups in total. The van der Waals surface area contributed by atoms with E-state index in [1.165, 1.54) is 0 Å². The Labute approximate surface area is 96.3 Å². The maximum absolute atomic E-state index is 5.65. The van der Waals surface area contributed by atoms with Crippen LogP contribution in [0.2, 0.25) is 0 Å². The molecule has 0 atom stereocenters. The second kappa shape index (κ2) is 4.02. The van der Waals surface area contributed by atoms with E-state index in [4.69, 9.17) is 5.73 Å². The topological polar surface area (TPSA) is 56.7 Å². The van der Waals surface area contributed by atoms with Gasteiger partial charge in [0.2, 0.25) is 0 Å². The summed E-state index contributed by atoms with van der Waals surface area (Å²) >= 11 is 3.34. The lowest BCUT2D eigenvalue weighted by atomic mass is 10.3. The van der Waals surface area contributed by atoms with Gasteiger partial charge in [-0.1, -0.05) is 6.92 Å². The predicted molar refractivity (Wildman–Crippen MR) is 62.8 cm³/mol. The Morgan fingerprint density at radius 3 is 2.87 bits per heavy atom. The van der Waals surface area contributed by atoms with Gasteiger partial charge in [0.15, 0.2) is 5.82 Å². The van der Waals surface area contributed by atoms with Crippen molar-refractivity contribution in [3.63, 3.8) is 0 Å². The zero-order valence-electron chi connectivity index (χ0n) is 8.31. The number of aromatic nitrogens is 3. The van der Waals surface area contributed by atoms with Crippen LogP contribution in [0.5, 0.6) is 0 Å². The van der Waals surface area contributed by atoms with Gasteiger partial charge in [-0.15, -0.1) is 5.10 Å². The van der Waals surface area contributed by atoms with Crippen molar-refractivity contribution in [1.82, 2.24) is 14.8 Å². The van der Waals surface area contributed by atoms with Gasteiger partial charge in [-0.05, 0) is 34.5 Å². The monoisotopic (exact) mass is 266 g/mol. The third kappa shape index (κ3) is 2.02. The fourth-order valence-electron chi connectivity index (χ4n) is 1.38. The van der Waals surface area contributed by atoms with Crippen molar-refractivity contribution in [1.29, 1.82) is 0 Å². The van der Waals surface area contributed by atoms with Gasteiger partial charge >= 0.3 is 0 Å². The normalized spacial score (nSPS) is 10.5. The molecule has 0 fully saturated rings. The van der Waals surface area contributed by atoms with Crippen LogP contribution in [0.4, 0.5) is 5.82 Å². The van der Waals surface area contributed by atoms with Crippen molar-refractivity contribution >= 4 is 21.7 Å². The zero-order chi connectivity index (χ0) is 10.8. The lowest BCUT2D eigenvalue weighted by molar-refractivity contribution is 0.792. The Morgan fingerprint density at radius 2 is 2.27 bits per heavy atom. The highest BCUT2D eigenvalue weighted by Crippen LogP contribution is 2.14. The number of nitrogens with zero attached hydrogens (tertiary/aromatic N) is 3. The molecular formula is C10H11BrN4. The molecule has 0 aliphatic rings. The Balaban J connectivity index is 2.48. The number of hydrogen-bond donors (Lipinski definition) is 1. The number of nitrogen functional groups attached to an aromatic ring is 1. The van der Waals surface area contributed by atoms with Crippen LogP contribution in [0, 0.1) is 0 Å². The Hall–Kier alpha value is -1.36. The van der Waals surface area contributed by atoms with E-state index >= 15 is 0 Å². The van der Waals surface area contributed by atoms with E-state index in [1.54, 1.807) is 10.9 Å². The minimum Gasteiger partial charge on any atom is -0.382 e. The predicted octanol–water partition coefficient (Wildman–Crippen LogP) is 2.17. The Morgan fingerprint density at radius 1 is 1.47 bits per heavy atom. The van der Waals surface area contributed by atoms with Gasteiger partial charge in [0.25, 0.3) is 0 Å². The highest BCUT2D eigenvalue weighted by atomic mass is 79.9. The van der Waals surface area contributed by atoms with Gasteiger partial charge in [0, 0.05) is 22.4 Å². The van der Waals surface area contributed by atoms with Crippen molar-refractivity contribution in [2.24, 2.45) is 0 Å². The summed E-state index contributed by atoms with van der Waals surface area (Å²) < 4.78 is 2.71. The van der Waals surface area contributed by atoms with E-state index in [9.17, 15) is 0 Å². The molecule has 0 aliphatic carbocycles. The molecule has 5 heteroatoms. The molecule has 0 bridgehead atoms. The molecule has 0 aliphatic heterocycles. The molecule has 2 aromatic heterocycles. The molecule has 0 spiro atoms. The Kier molecular flexibility index (Phi) is 2.73. The fraction of sp³-hybridized carbons (Fsp3) is 0.200. The molecule has 78 valence electrons. The molecule has 0 saturated heterocycles. The number of pyridine rings is 1. The van der Waals surface area contributed by atoms with Crippen molar-refractivity contribution in [3.8, 4) is 5.82 Å². The summed E-state index contributed by atoms with van der Waals surface area (Å²) in [4.78, 5) is 4.27. The minimum absolute atomic E-state index is 0.525. The largest absolute Gasteiger partial charge is 0.382 e. The van der Waals surface area contributed by atoms with E-state index in [1.807, 2.05) is 18.2 Å². The third-order valence-corrected chi connectivity index (χ3v) is 2.56. The molecule has 0 saturated carbocycles. The SMILES string of the molecule is CCc1cc(N)nn1-c1ccc(Br)cn1. The van der Waals surface area contributed by atoms with Crippen LogP contribution in [0.1, 0.15) is 12.6 Å². The molecule has 15 heavy (non-hydrogen) atoms. The third-order valence-electron chi connectivity index (χ3n) is 2.09. The maximum Gasteiger partial charge on any atom is 0.153 e. The van der Waals surface area contributed by atoms with Crippen LogP contribution in [0.15, 0.2) is 28.9 Å². The van der Waals surface area contributed by atoms with Crippen LogP contribution in [-0.2, 0) is 6.42 Å². The summed E-state index contributed by atoms with van der Waals surface area (Å²) in [6.45, 7) is 2.06. The first-order chi connectivity index (χ1) is 7.20. The molecule has 0 radical (unpaired) electrons. The molecule has 0 aromatic carbocycles. The number of rotatable bonds is 2. The number of halogens is 1. The number of hydrogen-bond acceptors (Lipinski definition) is 3. The highest BCUT2D eigenvalue weighted by molar-refractivity contribution is 9.10. The van der Waals surface area contributed by atoms with E-state index < -0.39 is 0 Å². The highest BCUT2D eigenvalue weighted by Gasteiger charge is 2.06. The standard InChI is InChI=1S/C10H11BrN4/c1-2-8-5-9(12)14-15(8)10-4-3-7(11)6-13-10/h3-6H,2H2,1H3,(H2,12,14). The van der Waals surface area contributed by atoms with Gasteiger partial charge < -0.3 is 5.73 Å². The number of anilines is 1. The van der Waals surface area contributed by atoms with E-state index in [2.05, 4.69) is 32.9 Å². The Bertz CT molecular complexity index is 461. The van der Waals surface area contributed by atoms with Crippen molar-refractivity contribution < 1.29 is 0 Å². The second-order valence-electron chi connectivity index (χ2n) is 3.16. The lowest BCUT2D eigenvalue weighted by Crippen LogP contribution is -2.03. The first-order valence-electron chi connectivity index (χ1n) is 4.67. The quantitative estimate of drug-likeness (QED) is 0.907. The summed E-state index contributed by atoms with van der Waals surface area (Å²) in [6, 6.07) is 5.69. The van der Waals surface area contributed by atoms with Crippen molar-refractivity contribution in [2.75, 3.05) is 5.73 Å². The van der Waals surface area contributed by atoms with Crippen LogP contribution < -0.4 is 5.73 Å². The van der Waals surface area contributed by atoms with Crippen molar-refractivity contribution in [2.45, 2.75) is 13.3 Å². The minimum atomic E-state index is 0.525. The van der Waals surface area contributed by atoms with E-state index in [-0.39, 0.29) is 0 Å². The molecule has 2 aromatic rings. The summed E-state index contributed by atoms with van der Waals surface area (Å²) in [5.41, 5.74) is 6.71. The van der Waals surface area contributed by atoms with Crippen LogP contribution in [0.25, 0.3) is 5.82 Å². The summed E-state index contributed by atoms with van der Waals surface area (Å²) in [6.07, 6.45) is 2.62. The molecule has 0 unspecified atom stereocenters. The fourth-order valence-corrected chi connectivity index (χ4v) is 1.62. The lowest BCUT2D eigenvalue weighted by Gasteiger charge is -2.03. The summed E-state index contributed by atoms with van der Waals surface area (Å²) in [7, 11) is 0. The average Bonchev–Trinajstić information content (AvgIpc) is 2.61. The molecular weight excluding hydrogens is 256 g/mol. The van der Waals surface area contributed by atoms with Gasteiger partial charge in [0.1, 0.15) is 5.82 Å². The van der Waals surface area contributed by atoms with E-state index in [0.717, 1.165) is 22.4 Å². The molecule has 0 amide bonds. The first-order valence-corrected chi connectivity index (χ1v) is 5.46. The molecule has 4 nitrogen and oxygen atoms in total. The number of aryl methyl sites for hydroxylation is 1. The maximum atomic E-state index is 5.65. The van der Waals surface area contributed by atoms with Crippen LogP contribution in [-0.4, -0.2) is 14.8 Å². The van der Waals surface area contributed by atoms with Gasteiger partial charge in [0.05, 0.1) is 0 Å². The summed E-state index contributed by atoms with van der Waals surface area (Å²) in [5, 5.41) is 4.20. The van der Waals surface area contributed by atoms with Crippen LogP contribution >= 0.6 is 15.9 Å². The van der Waals surface area contributed by atoms with Crippen molar-refractivity contribution in [3.05, 3.63) is 34.6 Å². The molecule has 2 heterocycles. The van der Waals surface area contributed by atoms with Crippen LogP contribution in [0.3, 0.4) is 0 Å². The van der Waals surface area contributed by atoms with Gasteiger partial charge in [-0.25, -0.2) is 9.67 Å². The first kappa shape index (κ1) is 10.2. The number of nitrogens with two attached hydrogens (primary N) is 1. The van der Waals surface area contributed by atoms with Gasteiger partial charge in [-0.2, -0.15) is 0 Å². The summed E-state index contributed by atoms with van der Waals surface area (Å²) in [5.74, 6) is 1.31. The zero-order valence-corrected chi connectivity index (χ0v) is 9.90. The van der Waals surface area contributed by atoms with Gasteiger partial charge in [-0.3, -0.25) is 0 Å². The average molecular weight is 267 g/mol. The smallest absolute Gasteiger partial charge is 0.153 e. The second-order valence-corrected chi connectivity index (χ2v) is 4.08. The molecule has 2 rings (SSSR count).